The molecule has 2 nitrogen and oxygen atoms in total. The molecule has 2 atom stereocenters. The maximum absolute atomic E-state index is 4.55. The predicted molar refractivity (Wildman–Crippen MR) is 76.6 cm³/mol. The quantitative estimate of drug-likeness (QED) is 0.867. The fraction of sp³-hybridized carbons (Fsp3) is 0.786. The number of nitrogens with zero attached hydrogens (tertiary/aromatic N) is 1. The van der Waals surface area contributed by atoms with Gasteiger partial charge >= 0.3 is 0 Å². The van der Waals surface area contributed by atoms with E-state index >= 15 is 0 Å². The van der Waals surface area contributed by atoms with Crippen molar-refractivity contribution in [1.82, 2.24) is 10.3 Å². The highest BCUT2D eigenvalue weighted by Gasteiger charge is 2.23. The van der Waals surface area contributed by atoms with Gasteiger partial charge in [-0.3, -0.25) is 0 Å². The van der Waals surface area contributed by atoms with Gasteiger partial charge < -0.3 is 5.32 Å². The molecule has 17 heavy (non-hydrogen) atoms. The molecule has 98 valence electrons. The zero-order valence-corrected chi connectivity index (χ0v) is 12.8. The summed E-state index contributed by atoms with van der Waals surface area (Å²) in [5.74, 6) is 0.709. The lowest BCUT2D eigenvalue weighted by Gasteiger charge is -2.30. The third-order valence-electron chi connectivity index (χ3n) is 3.61. The van der Waals surface area contributed by atoms with Crippen LogP contribution in [0.3, 0.4) is 0 Å². The van der Waals surface area contributed by atoms with Gasteiger partial charge in [-0.1, -0.05) is 27.7 Å². The topological polar surface area (TPSA) is 24.9 Å². The van der Waals surface area contributed by atoms with E-state index in [9.17, 15) is 0 Å². The third-order valence-corrected chi connectivity index (χ3v) is 4.60. The van der Waals surface area contributed by atoms with E-state index in [1.807, 2.05) is 0 Å². The Balaban J connectivity index is 2.55. The van der Waals surface area contributed by atoms with Gasteiger partial charge in [0.05, 0.1) is 5.01 Å². The van der Waals surface area contributed by atoms with Crippen LogP contribution in [-0.4, -0.2) is 18.1 Å². The van der Waals surface area contributed by atoms with Crippen LogP contribution in [0.2, 0.25) is 0 Å². The second kappa shape index (κ2) is 5.96. The standard InChI is InChI=1S/C14H26N2S/c1-10(14(3,4)5)7-12(15-6)8-13-16-11(2)9-17-13/h9-10,12,15H,7-8H2,1-6H3. The molecule has 0 amide bonds. The van der Waals surface area contributed by atoms with E-state index in [1.54, 1.807) is 11.3 Å². The molecular weight excluding hydrogens is 228 g/mol. The minimum atomic E-state index is 0.383. The molecular formula is C14H26N2S. The van der Waals surface area contributed by atoms with Gasteiger partial charge in [0.1, 0.15) is 0 Å². The number of likely N-dealkylation sites (N-methyl/N-ethyl adjacent to an activating group) is 1. The molecule has 1 aromatic rings. The number of rotatable bonds is 5. The molecule has 2 unspecified atom stereocenters. The zero-order valence-electron chi connectivity index (χ0n) is 12.0. The Kier molecular flexibility index (Phi) is 5.14. The van der Waals surface area contributed by atoms with Crippen LogP contribution in [0.5, 0.6) is 0 Å². The van der Waals surface area contributed by atoms with Gasteiger partial charge in [0, 0.05) is 23.5 Å². The predicted octanol–water partition coefficient (Wildman–Crippen LogP) is 3.65. The molecule has 1 rings (SSSR count). The van der Waals surface area contributed by atoms with E-state index in [-0.39, 0.29) is 0 Å². The first-order chi connectivity index (χ1) is 7.82. The smallest absolute Gasteiger partial charge is 0.0943 e. The molecule has 0 fully saturated rings. The van der Waals surface area contributed by atoms with Crippen LogP contribution >= 0.6 is 11.3 Å². The first-order valence-electron chi connectivity index (χ1n) is 6.41. The van der Waals surface area contributed by atoms with Crippen LogP contribution < -0.4 is 5.32 Å². The summed E-state index contributed by atoms with van der Waals surface area (Å²) < 4.78 is 0. The molecule has 0 aliphatic rings. The summed E-state index contributed by atoms with van der Waals surface area (Å²) in [5, 5.41) is 6.82. The molecule has 1 aromatic heterocycles. The van der Waals surface area contributed by atoms with Crippen LogP contribution in [0.4, 0.5) is 0 Å². The van der Waals surface area contributed by atoms with Gasteiger partial charge in [0.25, 0.3) is 0 Å². The maximum atomic E-state index is 4.55. The number of nitrogens with one attached hydrogen (secondary N) is 1. The van der Waals surface area contributed by atoms with Crippen molar-refractivity contribution in [3.05, 3.63) is 16.1 Å². The lowest BCUT2D eigenvalue weighted by molar-refractivity contribution is 0.225. The average molecular weight is 254 g/mol. The van der Waals surface area contributed by atoms with Crippen LogP contribution in [-0.2, 0) is 6.42 Å². The van der Waals surface area contributed by atoms with Gasteiger partial charge in [-0.2, -0.15) is 0 Å². The molecule has 0 saturated carbocycles. The van der Waals surface area contributed by atoms with Crippen molar-refractivity contribution in [2.45, 2.75) is 53.5 Å². The Morgan fingerprint density at radius 2 is 2.06 bits per heavy atom. The van der Waals surface area contributed by atoms with E-state index in [4.69, 9.17) is 0 Å². The van der Waals surface area contributed by atoms with Crippen molar-refractivity contribution in [3.8, 4) is 0 Å². The fourth-order valence-electron chi connectivity index (χ4n) is 1.79. The third kappa shape index (κ3) is 4.76. The minimum absolute atomic E-state index is 0.383. The highest BCUT2D eigenvalue weighted by molar-refractivity contribution is 7.09. The summed E-state index contributed by atoms with van der Waals surface area (Å²) in [5.41, 5.74) is 1.53. The lowest BCUT2D eigenvalue weighted by atomic mass is 9.78. The highest BCUT2D eigenvalue weighted by atomic mass is 32.1. The SMILES string of the molecule is CNC(Cc1nc(C)cs1)CC(C)C(C)(C)C. The first kappa shape index (κ1) is 14.7. The van der Waals surface area contributed by atoms with Crippen molar-refractivity contribution in [3.63, 3.8) is 0 Å². The Hall–Kier alpha value is -0.410. The molecule has 0 aliphatic carbocycles. The summed E-state index contributed by atoms with van der Waals surface area (Å²) in [6.07, 6.45) is 2.26. The molecule has 1 heterocycles. The van der Waals surface area contributed by atoms with Crippen molar-refractivity contribution in [2.75, 3.05) is 7.05 Å². The normalized spacial score (nSPS) is 15.9. The summed E-state index contributed by atoms with van der Waals surface area (Å²) >= 11 is 1.78. The summed E-state index contributed by atoms with van der Waals surface area (Å²) in [6.45, 7) is 11.4. The minimum Gasteiger partial charge on any atom is -0.317 e. The van der Waals surface area contributed by atoms with E-state index in [0.29, 0.717) is 17.4 Å². The highest BCUT2D eigenvalue weighted by Crippen LogP contribution is 2.29. The van der Waals surface area contributed by atoms with Crippen LogP contribution in [0, 0.1) is 18.3 Å². The van der Waals surface area contributed by atoms with Crippen molar-refractivity contribution in [2.24, 2.45) is 11.3 Å². The van der Waals surface area contributed by atoms with Crippen LogP contribution in [0.25, 0.3) is 0 Å². The van der Waals surface area contributed by atoms with Gasteiger partial charge in [0.15, 0.2) is 0 Å². The van der Waals surface area contributed by atoms with Crippen LogP contribution in [0.1, 0.15) is 44.8 Å². The van der Waals surface area contributed by atoms with Crippen LogP contribution in [0.15, 0.2) is 5.38 Å². The van der Waals surface area contributed by atoms with Crippen molar-refractivity contribution < 1.29 is 0 Å². The Morgan fingerprint density at radius 3 is 2.47 bits per heavy atom. The molecule has 0 saturated heterocycles. The van der Waals surface area contributed by atoms with Crippen molar-refractivity contribution in [1.29, 1.82) is 0 Å². The molecule has 0 radical (unpaired) electrons. The summed E-state index contributed by atoms with van der Waals surface area (Å²) in [4.78, 5) is 4.55. The molecule has 0 aromatic carbocycles. The molecule has 0 spiro atoms. The summed E-state index contributed by atoms with van der Waals surface area (Å²) in [6, 6.07) is 0.537. The number of thiazole rings is 1. The average Bonchev–Trinajstić information content (AvgIpc) is 2.61. The number of hydrogen-bond donors (Lipinski definition) is 1. The van der Waals surface area contributed by atoms with E-state index in [1.165, 1.54) is 11.4 Å². The number of aromatic nitrogens is 1. The molecule has 1 N–H and O–H groups in total. The molecule has 0 aliphatic heterocycles. The second-order valence-corrected chi connectivity index (χ2v) is 7.02. The number of aryl methyl sites for hydroxylation is 1. The first-order valence-corrected chi connectivity index (χ1v) is 7.29. The van der Waals surface area contributed by atoms with E-state index in [0.717, 1.165) is 12.1 Å². The Labute approximate surface area is 110 Å². The van der Waals surface area contributed by atoms with Gasteiger partial charge in [-0.25, -0.2) is 4.98 Å². The fourth-order valence-corrected chi connectivity index (χ4v) is 2.64. The maximum Gasteiger partial charge on any atom is 0.0943 e. The van der Waals surface area contributed by atoms with E-state index < -0.39 is 0 Å². The second-order valence-electron chi connectivity index (χ2n) is 6.08. The molecule has 3 heteroatoms. The lowest BCUT2D eigenvalue weighted by Crippen LogP contribution is -2.33. The van der Waals surface area contributed by atoms with Gasteiger partial charge in [-0.05, 0) is 31.7 Å². The molecule has 0 bridgehead atoms. The Bertz CT molecular complexity index is 338. The van der Waals surface area contributed by atoms with Gasteiger partial charge in [0.2, 0.25) is 0 Å². The number of hydrogen-bond acceptors (Lipinski definition) is 3. The van der Waals surface area contributed by atoms with Crippen molar-refractivity contribution >= 4 is 11.3 Å². The largest absolute Gasteiger partial charge is 0.317 e. The zero-order chi connectivity index (χ0) is 13.1. The summed E-state index contributed by atoms with van der Waals surface area (Å²) in [7, 11) is 2.06. The monoisotopic (exact) mass is 254 g/mol. The van der Waals surface area contributed by atoms with E-state index in [2.05, 4.69) is 57.3 Å². The Morgan fingerprint density at radius 1 is 1.41 bits per heavy atom. The van der Waals surface area contributed by atoms with Gasteiger partial charge in [-0.15, -0.1) is 11.3 Å².